The SMILES string of the molecule is CCNC(=NCc1ccc(OCC)c(OC)c1)NCCN1C(=O)C2C3C=CC(C3)C2C1=O. The number of hydrogen-bond acceptors (Lipinski definition) is 5. The smallest absolute Gasteiger partial charge is 0.233 e. The van der Waals surface area contributed by atoms with E-state index >= 15 is 0 Å². The summed E-state index contributed by atoms with van der Waals surface area (Å²) in [6.07, 6.45) is 5.18. The lowest BCUT2D eigenvalue weighted by atomic mass is 9.85. The number of hydrogen-bond donors (Lipinski definition) is 2. The molecule has 1 aliphatic heterocycles. The van der Waals surface area contributed by atoms with Gasteiger partial charge in [0.2, 0.25) is 11.8 Å². The molecule has 0 aromatic heterocycles. The maximum atomic E-state index is 12.8. The molecular weight excluding hydrogens is 408 g/mol. The Bertz CT molecular complexity index is 899. The first-order valence-electron chi connectivity index (χ1n) is 11.4. The number of likely N-dealkylation sites (tertiary alicyclic amines) is 1. The van der Waals surface area contributed by atoms with E-state index in [1.54, 1.807) is 7.11 Å². The second-order valence-electron chi connectivity index (χ2n) is 8.37. The third kappa shape index (κ3) is 4.18. The van der Waals surface area contributed by atoms with Crippen LogP contribution in [0, 0.1) is 23.7 Å². The molecule has 8 nitrogen and oxygen atoms in total. The van der Waals surface area contributed by atoms with E-state index in [9.17, 15) is 9.59 Å². The van der Waals surface area contributed by atoms with Crippen LogP contribution in [0.1, 0.15) is 25.8 Å². The van der Waals surface area contributed by atoms with Gasteiger partial charge in [-0.2, -0.15) is 0 Å². The predicted molar refractivity (Wildman–Crippen MR) is 121 cm³/mol. The van der Waals surface area contributed by atoms with Crippen molar-refractivity contribution in [2.45, 2.75) is 26.8 Å². The van der Waals surface area contributed by atoms with Crippen LogP contribution in [0.4, 0.5) is 0 Å². The largest absolute Gasteiger partial charge is 0.493 e. The zero-order valence-electron chi connectivity index (χ0n) is 19.0. The molecule has 4 unspecified atom stereocenters. The lowest BCUT2D eigenvalue weighted by Gasteiger charge is -2.18. The van der Waals surface area contributed by atoms with Crippen LogP contribution in [0.15, 0.2) is 35.3 Å². The number of rotatable bonds is 9. The summed E-state index contributed by atoms with van der Waals surface area (Å²) in [7, 11) is 1.62. The minimum Gasteiger partial charge on any atom is -0.493 e. The molecule has 0 spiro atoms. The van der Waals surface area contributed by atoms with E-state index in [2.05, 4.69) is 27.8 Å². The maximum Gasteiger partial charge on any atom is 0.233 e. The number of carbonyl (C=O) groups excluding carboxylic acids is 2. The highest BCUT2D eigenvalue weighted by Crippen LogP contribution is 2.52. The summed E-state index contributed by atoms with van der Waals surface area (Å²) in [4.78, 5) is 31.7. The van der Waals surface area contributed by atoms with E-state index in [4.69, 9.17) is 9.47 Å². The Balaban J connectivity index is 1.34. The molecule has 2 bridgehead atoms. The maximum absolute atomic E-state index is 12.8. The molecule has 1 aromatic carbocycles. The van der Waals surface area contributed by atoms with E-state index in [0.717, 1.165) is 12.0 Å². The van der Waals surface area contributed by atoms with Crippen LogP contribution < -0.4 is 20.1 Å². The van der Waals surface area contributed by atoms with Crippen molar-refractivity contribution in [2.24, 2.45) is 28.7 Å². The number of aliphatic imine (C=N–C) groups is 1. The van der Waals surface area contributed by atoms with Crippen LogP contribution in [-0.4, -0.2) is 56.0 Å². The Labute approximate surface area is 189 Å². The van der Waals surface area contributed by atoms with E-state index in [1.807, 2.05) is 32.0 Å². The first-order valence-corrected chi connectivity index (χ1v) is 11.4. The Kier molecular flexibility index (Phi) is 6.67. The summed E-state index contributed by atoms with van der Waals surface area (Å²) < 4.78 is 11.0. The number of carbonyl (C=O) groups is 2. The number of nitrogens with zero attached hydrogens (tertiary/aromatic N) is 2. The molecule has 1 saturated carbocycles. The summed E-state index contributed by atoms with van der Waals surface area (Å²) in [5.41, 5.74) is 0.989. The first-order chi connectivity index (χ1) is 15.6. The number of ether oxygens (including phenoxy) is 2. The Morgan fingerprint density at radius 1 is 1.09 bits per heavy atom. The van der Waals surface area contributed by atoms with Crippen LogP contribution in [0.3, 0.4) is 0 Å². The van der Waals surface area contributed by atoms with Gasteiger partial charge in [-0.15, -0.1) is 0 Å². The Hall–Kier alpha value is -3.03. The number of methoxy groups -OCH3 is 1. The third-order valence-corrected chi connectivity index (χ3v) is 6.48. The van der Waals surface area contributed by atoms with Crippen molar-refractivity contribution >= 4 is 17.8 Å². The number of amides is 2. The second kappa shape index (κ2) is 9.63. The summed E-state index contributed by atoms with van der Waals surface area (Å²) in [5, 5.41) is 6.45. The highest BCUT2D eigenvalue weighted by atomic mass is 16.5. The number of nitrogens with one attached hydrogen (secondary N) is 2. The van der Waals surface area contributed by atoms with Crippen molar-refractivity contribution in [1.29, 1.82) is 0 Å². The third-order valence-electron chi connectivity index (χ3n) is 6.48. The van der Waals surface area contributed by atoms with Crippen LogP contribution in [0.5, 0.6) is 11.5 Å². The average molecular weight is 441 g/mol. The predicted octanol–water partition coefficient (Wildman–Crippen LogP) is 1.96. The van der Waals surface area contributed by atoms with Crippen LogP contribution in [0.2, 0.25) is 0 Å². The lowest BCUT2D eigenvalue weighted by Crippen LogP contribution is -2.43. The zero-order chi connectivity index (χ0) is 22.7. The number of benzene rings is 1. The van der Waals surface area contributed by atoms with E-state index < -0.39 is 0 Å². The van der Waals surface area contributed by atoms with Crippen molar-refractivity contribution in [3.05, 3.63) is 35.9 Å². The topological polar surface area (TPSA) is 92.3 Å². The highest BCUT2D eigenvalue weighted by molar-refractivity contribution is 6.06. The van der Waals surface area contributed by atoms with Gasteiger partial charge in [-0.25, -0.2) is 4.99 Å². The fourth-order valence-corrected chi connectivity index (χ4v) is 5.07. The molecule has 8 heteroatoms. The van der Waals surface area contributed by atoms with Crippen molar-refractivity contribution < 1.29 is 19.1 Å². The van der Waals surface area contributed by atoms with Crippen LogP contribution in [-0.2, 0) is 16.1 Å². The van der Waals surface area contributed by atoms with Crippen molar-refractivity contribution in [3.8, 4) is 11.5 Å². The van der Waals surface area contributed by atoms with Crippen molar-refractivity contribution in [2.75, 3.05) is 33.4 Å². The van der Waals surface area contributed by atoms with Gasteiger partial charge in [0.25, 0.3) is 0 Å². The van der Waals surface area contributed by atoms with Crippen LogP contribution >= 0.6 is 0 Å². The fourth-order valence-electron chi connectivity index (χ4n) is 5.07. The van der Waals surface area contributed by atoms with E-state index in [0.29, 0.717) is 50.2 Å². The summed E-state index contributed by atoms with van der Waals surface area (Å²) in [6.45, 7) is 6.47. The molecule has 4 atom stereocenters. The molecule has 2 N–H and O–H groups in total. The van der Waals surface area contributed by atoms with Gasteiger partial charge >= 0.3 is 0 Å². The van der Waals surface area contributed by atoms with Gasteiger partial charge in [0.1, 0.15) is 0 Å². The molecule has 1 heterocycles. The molecule has 172 valence electrons. The van der Waals surface area contributed by atoms with Gasteiger partial charge in [-0.1, -0.05) is 18.2 Å². The van der Waals surface area contributed by atoms with Crippen molar-refractivity contribution in [3.63, 3.8) is 0 Å². The minimum absolute atomic E-state index is 0.0120. The number of allylic oxidation sites excluding steroid dienone is 2. The van der Waals surface area contributed by atoms with Crippen molar-refractivity contribution in [1.82, 2.24) is 15.5 Å². The lowest BCUT2D eigenvalue weighted by molar-refractivity contribution is -0.140. The summed E-state index contributed by atoms with van der Waals surface area (Å²) in [5.74, 6) is 2.20. The molecule has 2 fully saturated rings. The number of guanidine groups is 1. The monoisotopic (exact) mass is 440 g/mol. The van der Waals surface area contributed by atoms with Crippen LogP contribution in [0.25, 0.3) is 0 Å². The van der Waals surface area contributed by atoms with Gasteiger partial charge in [-0.05, 0) is 49.8 Å². The highest BCUT2D eigenvalue weighted by Gasteiger charge is 2.58. The molecule has 3 aliphatic rings. The molecule has 1 saturated heterocycles. The Morgan fingerprint density at radius 2 is 1.81 bits per heavy atom. The molecule has 1 aromatic rings. The van der Waals surface area contributed by atoms with Gasteiger partial charge in [0.05, 0.1) is 32.1 Å². The molecular formula is C24H32N4O4. The number of fused-ring (bicyclic) bond motifs is 5. The zero-order valence-corrected chi connectivity index (χ0v) is 19.0. The normalized spacial score (nSPS) is 26.0. The fraction of sp³-hybridized carbons (Fsp3) is 0.542. The quantitative estimate of drug-likeness (QED) is 0.264. The minimum atomic E-state index is -0.144. The first kappa shape index (κ1) is 22.2. The molecule has 2 aliphatic carbocycles. The number of imide groups is 1. The molecule has 4 rings (SSSR count). The van der Waals surface area contributed by atoms with Gasteiger partial charge in [0.15, 0.2) is 17.5 Å². The van der Waals surface area contributed by atoms with Gasteiger partial charge in [-0.3, -0.25) is 14.5 Å². The molecule has 2 amide bonds. The summed E-state index contributed by atoms with van der Waals surface area (Å²) in [6, 6.07) is 5.76. The second-order valence-corrected chi connectivity index (χ2v) is 8.37. The van der Waals surface area contributed by atoms with E-state index in [-0.39, 0.29) is 35.5 Å². The van der Waals surface area contributed by atoms with Gasteiger partial charge in [0, 0.05) is 19.6 Å². The van der Waals surface area contributed by atoms with E-state index in [1.165, 1.54) is 4.90 Å². The molecule has 32 heavy (non-hydrogen) atoms. The summed E-state index contributed by atoms with van der Waals surface area (Å²) >= 11 is 0. The van der Waals surface area contributed by atoms with Gasteiger partial charge < -0.3 is 20.1 Å². The average Bonchev–Trinajstić information content (AvgIpc) is 3.48. The Morgan fingerprint density at radius 3 is 2.44 bits per heavy atom. The molecule has 0 radical (unpaired) electrons. The standard InChI is InChI=1S/C24H32N4O4/c1-4-25-24(27-14-15-6-9-18(32-5-2)19(12-15)31-3)26-10-11-28-22(29)20-16-7-8-17(13-16)21(20)23(28)30/h6-9,12,16-17,20-21H,4-5,10-11,13-14H2,1-3H3,(H2,25,26,27).